The number of imidazole rings is 1. The van der Waals surface area contributed by atoms with Gasteiger partial charge in [0.05, 0.1) is 17.1 Å². The monoisotopic (exact) mass is 319 g/mol. The van der Waals surface area contributed by atoms with Gasteiger partial charge >= 0.3 is 0 Å². The van der Waals surface area contributed by atoms with Crippen molar-refractivity contribution < 1.29 is 8.42 Å². The van der Waals surface area contributed by atoms with Crippen molar-refractivity contribution in [3.8, 4) is 0 Å². The van der Waals surface area contributed by atoms with E-state index < -0.39 is 10.0 Å². The quantitative estimate of drug-likeness (QED) is 0.908. The minimum absolute atomic E-state index is 0.197. The Morgan fingerprint density at radius 2 is 2.00 bits per heavy atom. The lowest BCUT2D eigenvalue weighted by molar-refractivity contribution is 0.579. The number of benzene rings is 1. The minimum Gasteiger partial charge on any atom is -0.345 e. The standard InChI is InChI=1S/C16H21N3O2S/c1-11-7-8-15(12(2)9-11)22(20,21)17-10-16-18-13-5-3-4-6-14(13)19-16/h7-9,17H,3-6,10H2,1-2H3,(H,18,19). The summed E-state index contributed by atoms with van der Waals surface area (Å²) in [6.07, 6.45) is 4.32. The van der Waals surface area contributed by atoms with Crippen molar-refractivity contribution in [3.05, 3.63) is 46.5 Å². The largest absolute Gasteiger partial charge is 0.345 e. The van der Waals surface area contributed by atoms with Gasteiger partial charge in [-0.3, -0.25) is 0 Å². The van der Waals surface area contributed by atoms with E-state index in [1.54, 1.807) is 6.07 Å². The Labute approximate surface area is 131 Å². The third-order valence-electron chi connectivity index (χ3n) is 4.05. The van der Waals surface area contributed by atoms with Crippen LogP contribution in [0.1, 0.15) is 41.2 Å². The first-order valence-electron chi connectivity index (χ1n) is 7.59. The molecule has 1 aliphatic carbocycles. The van der Waals surface area contributed by atoms with E-state index in [2.05, 4.69) is 14.7 Å². The normalized spacial score (nSPS) is 14.8. The summed E-state index contributed by atoms with van der Waals surface area (Å²) in [4.78, 5) is 8.07. The molecule has 0 saturated heterocycles. The maximum Gasteiger partial charge on any atom is 0.241 e. The molecule has 0 fully saturated rings. The lowest BCUT2D eigenvalue weighted by Crippen LogP contribution is -2.24. The Morgan fingerprint density at radius 3 is 2.73 bits per heavy atom. The fraction of sp³-hybridized carbons (Fsp3) is 0.438. The molecule has 0 spiro atoms. The summed E-state index contributed by atoms with van der Waals surface area (Å²) in [7, 11) is -3.52. The van der Waals surface area contributed by atoms with Crippen LogP contribution >= 0.6 is 0 Å². The third-order valence-corrected chi connectivity index (χ3v) is 5.61. The number of hydrogen-bond acceptors (Lipinski definition) is 3. The summed E-state index contributed by atoms with van der Waals surface area (Å²) < 4.78 is 27.5. The van der Waals surface area contributed by atoms with Gasteiger partial charge in [-0.05, 0) is 51.2 Å². The van der Waals surface area contributed by atoms with Gasteiger partial charge in [0.1, 0.15) is 5.82 Å². The van der Waals surface area contributed by atoms with E-state index in [1.165, 1.54) is 6.42 Å². The van der Waals surface area contributed by atoms with E-state index in [4.69, 9.17) is 0 Å². The summed E-state index contributed by atoms with van der Waals surface area (Å²) in [5, 5.41) is 0. The predicted molar refractivity (Wildman–Crippen MR) is 85.2 cm³/mol. The Morgan fingerprint density at radius 1 is 1.23 bits per heavy atom. The number of aromatic amines is 1. The maximum absolute atomic E-state index is 12.4. The van der Waals surface area contributed by atoms with Crippen LogP contribution in [0.25, 0.3) is 0 Å². The first-order valence-corrected chi connectivity index (χ1v) is 9.07. The average molecular weight is 319 g/mol. The summed E-state index contributed by atoms with van der Waals surface area (Å²) in [5.41, 5.74) is 4.06. The fourth-order valence-corrected chi connectivity index (χ4v) is 4.15. The average Bonchev–Trinajstić information content (AvgIpc) is 2.87. The van der Waals surface area contributed by atoms with E-state index in [0.29, 0.717) is 10.7 Å². The van der Waals surface area contributed by atoms with Crippen LogP contribution < -0.4 is 4.72 Å². The molecule has 0 unspecified atom stereocenters. The van der Waals surface area contributed by atoms with Gasteiger partial charge in [0, 0.05) is 5.69 Å². The molecule has 118 valence electrons. The molecule has 0 radical (unpaired) electrons. The zero-order chi connectivity index (χ0) is 15.7. The molecule has 0 saturated carbocycles. The second-order valence-corrected chi connectivity index (χ2v) is 7.64. The number of hydrogen-bond donors (Lipinski definition) is 2. The summed E-state index contributed by atoms with van der Waals surface area (Å²) >= 11 is 0. The number of nitrogens with one attached hydrogen (secondary N) is 2. The fourth-order valence-electron chi connectivity index (χ4n) is 2.94. The van der Waals surface area contributed by atoms with Crippen molar-refractivity contribution in [3.63, 3.8) is 0 Å². The molecule has 3 rings (SSSR count). The van der Waals surface area contributed by atoms with E-state index in [0.717, 1.165) is 41.8 Å². The van der Waals surface area contributed by atoms with Crippen LogP contribution in [-0.4, -0.2) is 18.4 Å². The molecule has 2 N–H and O–H groups in total. The highest BCUT2D eigenvalue weighted by Gasteiger charge is 2.19. The molecule has 0 atom stereocenters. The van der Waals surface area contributed by atoms with Gasteiger partial charge in [-0.15, -0.1) is 0 Å². The topological polar surface area (TPSA) is 74.8 Å². The van der Waals surface area contributed by atoms with Gasteiger partial charge < -0.3 is 4.98 Å². The molecule has 1 aromatic heterocycles. The molecular formula is C16H21N3O2S. The van der Waals surface area contributed by atoms with Gasteiger partial charge in [0.25, 0.3) is 0 Å². The number of rotatable bonds is 4. The third kappa shape index (κ3) is 3.08. The van der Waals surface area contributed by atoms with Crippen LogP contribution in [0, 0.1) is 13.8 Å². The van der Waals surface area contributed by atoms with Crippen molar-refractivity contribution in [2.24, 2.45) is 0 Å². The Balaban J connectivity index is 1.76. The molecule has 0 amide bonds. The second kappa shape index (κ2) is 5.85. The molecule has 5 nitrogen and oxygen atoms in total. The van der Waals surface area contributed by atoms with Crippen molar-refractivity contribution in [2.45, 2.75) is 51.0 Å². The molecule has 22 heavy (non-hydrogen) atoms. The molecule has 1 heterocycles. The highest BCUT2D eigenvalue weighted by atomic mass is 32.2. The van der Waals surface area contributed by atoms with Crippen LogP contribution in [0.2, 0.25) is 0 Å². The van der Waals surface area contributed by atoms with Crippen LogP contribution in [0.5, 0.6) is 0 Å². The molecular weight excluding hydrogens is 298 g/mol. The van der Waals surface area contributed by atoms with Gasteiger partial charge in [-0.2, -0.15) is 0 Å². The van der Waals surface area contributed by atoms with Gasteiger partial charge in [0.2, 0.25) is 10.0 Å². The van der Waals surface area contributed by atoms with Gasteiger partial charge in [-0.25, -0.2) is 18.1 Å². The Hall–Kier alpha value is -1.66. The zero-order valence-electron chi connectivity index (χ0n) is 12.9. The SMILES string of the molecule is Cc1ccc(S(=O)(=O)NCc2nc3c([nH]2)CCCC3)c(C)c1. The molecule has 0 aliphatic heterocycles. The smallest absolute Gasteiger partial charge is 0.241 e. The van der Waals surface area contributed by atoms with E-state index in [-0.39, 0.29) is 6.54 Å². The van der Waals surface area contributed by atoms with Crippen molar-refractivity contribution in [1.82, 2.24) is 14.7 Å². The number of fused-ring (bicyclic) bond motifs is 1. The van der Waals surface area contributed by atoms with Crippen molar-refractivity contribution in [1.29, 1.82) is 0 Å². The number of aryl methyl sites for hydroxylation is 4. The Bertz CT molecular complexity index is 770. The summed E-state index contributed by atoms with van der Waals surface area (Å²) in [6, 6.07) is 5.34. The van der Waals surface area contributed by atoms with Crippen LogP contribution in [-0.2, 0) is 29.4 Å². The molecule has 6 heteroatoms. The van der Waals surface area contributed by atoms with E-state index >= 15 is 0 Å². The van der Waals surface area contributed by atoms with E-state index in [9.17, 15) is 8.42 Å². The van der Waals surface area contributed by atoms with Gasteiger partial charge in [-0.1, -0.05) is 17.7 Å². The highest BCUT2D eigenvalue weighted by molar-refractivity contribution is 7.89. The maximum atomic E-state index is 12.4. The Kier molecular flexibility index (Phi) is 4.06. The van der Waals surface area contributed by atoms with Crippen LogP contribution in [0.3, 0.4) is 0 Å². The van der Waals surface area contributed by atoms with Crippen LogP contribution in [0.4, 0.5) is 0 Å². The van der Waals surface area contributed by atoms with Gasteiger partial charge in [0.15, 0.2) is 0 Å². The molecule has 1 aliphatic rings. The number of sulfonamides is 1. The molecule has 1 aromatic carbocycles. The predicted octanol–water partition coefficient (Wildman–Crippen LogP) is 2.38. The first kappa shape index (κ1) is 15.2. The number of aromatic nitrogens is 2. The second-order valence-electron chi connectivity index (χ2n) is 5.91. The van der Waals surface area contributed by atoms with Crippen LogP contribution in [0.15, 0.2) is 23.1 Å². The number of H-pyrrole nitrogens is 1. The summed E-state index contributed by atoms with van der Waals surface area (Å²) in [5.74, 6) is 0.695. The lowest BCUT2D eigenvalue weighted by Gasteiger charge is -2.09. The van der Waals surface area contributed by atoms with E-state index in [1.807, 2.05) is 26.0 Å². The molecule has 0 bridgehead atoms. The van der Waals surface area contributed by atoms with Crippen molar-refractivity contribution >= 4 is 10.0 Å². The zero-order valence-corrected chi connectivity index (χ0v) is 13.8. The number of nitrogens with zero attached hydrogens (tertiary/aromatic N) is 1. The first-order chi connectivity index (χ1) is 10.5. The lowest BCUT2D eigenvalue weighted by atomic mass is 10.0. The summed E-state index contributed by atoms with van der Waals surface area (Å²) in [6.45, 7) is 3.96. The molecule has 2 aromatic rings. The minimum atomic E-state index is -3.52. The highest BCUT2D eigenvalue weighted by Crippen LogP contribution is 2.19. The van der Waals surface area contributed by atoms with Crippen molar-refractivity contribution in [2.75, 3.05) is 0 Å².